The molecule has 7 heteroatoms. The highest BCUT2D eigenvalue weighted by atomic mass is 19.1. The molecule has 2 aliphatic heterocycles. The lowest BCUT2D eigenvalue weighted by Crippen LogP contribution is -2.49. The Labute approximate surface area is 159 Å². The number of hydrogen-bond donors (Lipinski definition) is 0. The third kappa shape index (κ3) is 4.90. The van der Waals surface area contributed by atoms with Gasteiger partial charge in [0, 0.05) is 32.5 Å². The highest BCUT2D eigenvalue weighted by Gasteiger charge is 2.47. The molecule has 0 aromatic heterocycles. The number of likely N-dealkylation sites (tertiary alicyclic amines) is 1. The fourth-order valence-electron chi connectivity index (χ4n) is 3.47. The number of carbonyl (C=O) groups is 2. The number of carbonyl (C=O) groups excluding carboxylic acids is 2. The minimum absolute atomic E-state index is 0.0844. The average Bonchev–Trinajstić information content (AvgIpc) is 2.95. The Hall–Kier alpha value is -2.31. The number of halogens is 1. The van der Waals surface area contributed by atoms with Crippen LogP contribution in [-0.4, -0.2) is 60.2 Å². The van der Waals surface area contributed by atoms with Crippen molar-refractivity contribution in [3.05, 3.63) is 30.1 Å². The van der Waals surface area contributed by atoms with Gasteiger partial charge in [0.2, 0.25) is 0 Å². The lowest BCUT2D eigenvalue weighted by molar-refractivity contribution is -0.136. The van der Waals surface area contributed by atoms with E-state index in [2.05, 4.69) is 13.8 Å². The SMILES string of the molecule is CC(C)CCN1CC2(CCN(C(=O)COc3ccc(F)cc3)CC2)OC1=O. The maximum atomic E-state index is 12.9. The van der Waals surface area contributed by atoms with Gasteiger partial charge < -0.3 is 19.3 Å². The molecule has 0 atom stereocenters. The van der Waals surface area contributed by atoms with Gasteiger partial charge in [-0.05, 0) is 36.6 Å². The molecule has 148 valence electrons. The van der Waals surface area contributed by atoms with Crippen molar-refractivity contribution in [2.24, 2.45) is 5.92 Å². The van der Waals surface area contributed by atoms with E-state index in [-0.39, 0.29) is 24.4 Å². The summed E-state index contributed by atoms with van der Waals surface area (Å²) in [6.45, 7) is 6.58. The van der Waals surface area contributed by atoms with Crippen LogP contribution in [-0.2, 0) is 9.53 Å². The van der Waals surface area contributed by atoms with E-state index in [1.165, 1.54) is 24.3 Å². The van der Waals surface area contributed by atoms with Crippen LogP contribution in [0.3, 0.4) is 0 Å². The van der Waals surface area contributed by atoms with Gasteiger partial charge in [0.1, 0.15) is 17.2 Å². The maximum absolute atomic E-state index is 12.9. The molecular formula is C20H27FN2O4. The highest BCUT2D eigenvalue weighted by Crippen LogP contribution is 2.33. The number of nitrogens with zero attached hydrogens (tertiary/aromatic N) is 2. The monoisotopic (exact) mass is 378 g/mol. The van der Waals surface area contributed by atoms with Gasteiger partial charge in [-0.1, -0.05) is 13.8 Å². The molecule has 1 aromatic rings. The van der Waals surface area contributed by atoms with Crippen molar-refractivity contribution in [3.8, 4) is 5.75 Å². The first kappa shape index (κ1) is 19.5. The largest absolute Gasteiger partial charge is 0.484 e. The molecule has 3 rings (SSSR count). The molecule has 0 radical (unpaired) electrons. The van der Waals surface area contributed by atoms with Crippen LogP contribution in [0.15, 0.2) is 24.3 Å². The van der Waals surface area contributed by atoms with E-state index in [0.29, 0.717) is 50.7 Å². The molecule has 27 heavy (non-hydrogen) atoms. The third-order valence-electron chi connectivity index (χ3n) is 5.22. The number of hydrogen-bond acceptors (Lipinski definition) is 4. The van der Waals surface area contributed by atoms with E-state index in [9.17, 15) is 14.0 Å². The van der Waals surface area contributed by atoms with Gasteiger partial charge >= 0.3 is 6.09 Å². The van der Waals surface area contributed by atoms with Crippen LogP contribution in [0.25, 0.3) is 0 Å². The predicted molar refractivity (Wildman–Crippen MR) is 97.9 cm³/mol. The minimum Gasteiger partial charge on any atom is -0.484 e. The normalized spacial score (nSPS) is 18.9. The first-order valence-electron chi connectivity index (χ1n) is 9.51. The van der Waals surface area contributed by atoms with E-state index >= 15 is 0 Å². The topological polar surface area (TPSA) is 59.1 Å². The van der Waals surface area contributed by atoms with E-state index in [1.54, 1.807) is 9.80 Å². The highest BCUT2D eigenvalue weighted by molar-refractivity contribution is 5.78. The first-order valence-corrected chi connectivity index (χ1v) is 9.51. The van der Waals surface area contributed by atoms with E-state index in [1.807, 2.05) is 0 Å². The second-order valence-electron chi connectivity index (χ2n) is 7.78. The molecule has 2 fully saturated rings. The van der Waals surface area contributed by atoms with Crippen LogP contribution in [0.4, 0.5) is 9.18 Å². The first-order chi connectivity index (χ1) is 12.9. The lowest BCUT2D eigenvalue weighted by Gasteiger charge is -2.37. The summed E-state index contributed by atoms with van der Waals surface area (Å²) in [4.78, 5) is 28.0. The van der Waals surface area contributed by atoms with Crippen molar-refractivity contribution in [3.63, 3.8) is 0 Å². The maximum Gasteiger partial charge on any atom is 0.410 e. The van der Waals surface area contributed by atoms with Gasteiger partial charge in [0.05, 0.1) is 6.54 Å². The van der Waals surface area contributed by atoms with Gasteiger partial charge in [0.15, 0.2) is 6.61 Å². The number of piperidine rings is 1. The Kier molecular flexibility index (Phi) is 5.87. The summed E-state index contributed by atoms with van der Waals surface area (Å²) in [6, 6.07) is 5.59. The van der Waals surface area contributed by atoms with E-state index in [0.717, 1.165) is 6.42 Å². The zero-order valence-corrected chi connectivity index (χ0v) is 15.9. The molecule has 1 spiro atoms. The Balaban J connectivity index is 1.46. The molecule has 2 aliphatic rings. The molecule has 2 heterocycles. The fourth-order valence-corrected chi connectivity index (χ4v) is 3.47. The van der Waals surface area contributed by atoms with Crippen LogP contribution < -0.4 is 4.74 Å². The van der Waals surface area contributed by atoms with Crippen LogP contribution in [0.5, 0.6) is 5.75 Å². The second kappa shape index (κ2) is 8.15. The number of ether oxygens (including phenoxy) is 2. The van der Waals surface area contributed by atoms with Crippen molar-refractivity contribution in [2.75, 3.05) is 32.8 Å². The number of rotatable bonds is 6. The number of benzene rings is 1. The van der Waals surface area contributed by atoms with Gasteiger partial charge in [0.25, 0.3) is 5.91 Å². The van der Waals surface area contributed by atoms with Gasteiger partial charge in [-0.15, -0.1) is 0 Å². The average molecular weight is 378 g/mol. The Morgan fingerprint density at radius 1 is 1.26 bits per heavy atom. The summed E-state index contributed by atoms with van der Waals surface area (Å²) in [5.41, 5.74) is -0.470. The van der Waals surface area contributed by atoms with Crippen molar-refractivity contribution < 1.29 is 23.5 Å². The van der Waals surface area contributed by atoms with Crippen molar-refractivity contribution in [1.82, 2.24) is 9.80 Å². The summed E-state index contributed by atoms with van der Waals surface area (Å²) in [6.07, 6.45) is 1.99. The zero-order valence-electron chi connectivity index (χ0n) is 15.9. The third-order valence-corrected chi connectivity index (χ3v) is 5.22. The second-order valence-corrected chi connectivity index (χ2v) is 7.78. The summed E-state index contributed by atoms with van der Waals surface area (Å²) < 4.78 is 24.0. The van der Waals surface area contributed by atoms with Gasteiger partial charge in [-0.25, -0.2) is 9.18 Å². The molecule has 6 nitrogen and oxygen atoms in total. The number of amides is 2. The quantitative estimate of drug-likeness (QED) is 0.763. The van der Waals surface area contributed by atoms with Crippen LogP contribution >= 0.6 is 0 Å². The fraction of sp³-hybridized carbons (Fsp3) is 0.600. The summed E-state index contributed by atoms with van der Waals surface area (Å²) in [5.74, 6) is 0.539. The molecule has 0 aliphatic carbocycles. The lowest BCUT2D eigenvalue weighted by atomic mass is 9.91. The summed E-state index contributed by atoms with van der Waals surface area (Å²) in [7, 11) is 0. The van der Waals surface area contributed by atoms with Crippen molar-refractivity contribution >= 4 is 12.0 Å². The molecule has 0 bridgehead atoms. The summed E-state index contributed by atoms with van der Waals surface area (Å²) in [5, 5.41) is 0. The molecule has 2 amide bonds. The molecule has 0 N–H and O–H groups in total. The predicted octanol–water partition coefficient (Wildman–Crippen LogP) is 3.06. The van der Waals surface area contributed by atoms with E-state index in [4.69, 9.17) is 9.47 Å². The van der Waals surface area contributed by atoms with Crippen molar-refractivity contribution in [2.45, 2.75) is 38.7 Å². The van der Waals surface area contributed by atoms with Crippen LogP contribution in [0.2, 0.25) is 0 Å². The molecular weight excluding hydrogens is 351 g/mol. The minimum atomic E-state index is -0.470. The van der Waals surface area contributed by atoms with Crippen LogP contribution in [0.1, 0.15) is 33.1 Å². The standard InChI is InChI=1S/C20H27FN2O4/c1-15(2)7-10-23-14-20(27-19(23)25)8-11-22(12-9-20)18(24)13-26-17-5-3-16(21)4-6-17/h3-6,15H,7-14H2,1-2H3. The zero-order chi connectivity index (χ0) is 19.4. The summed E-state index contributed by atoms with van der Waals surface area (Å²) >= 11 is 0. The molecule has 0 saturated carbocycles. The molecule has 0 unspecified atom stereocenters. The van der Waals surface area contributed by atoms with Gasteiger partial charge in [-0.3, -0.25) is 4.79 Å². The van der Waals surface area contributed by atoms with Crippen LogP contribution in [0, 0.1) is 11.7 Å². The Morgan fingerprint density at radius 3 is 2.56 bits per heavy atom. The van der Waals surface area contributed by atoms with E-state index < -0.39 is 5.60 Å². The molecule has 1 aromatic carbocycles. The smallest absolute Gasteiger partial charge is 0.410 e. The van der Waals surface area contributed by atoms with Crippen molar-refractivity contribution in [1.29, 1.82) is 0 Å². The Bertz CT molecular complexity index is 669. The van der Waals surface area contributed by atoms with Gasteiger partial charge in [-0.2, -0.15) is 0 Å². The molecule has 2 saturated heterocycles. The Morgan fingerprint density at radius 2 is 1.93 bits per heavy atom.